The van der Waals surface area contributed by atoms with Crippen molar-refractivity contribution in [2.45, 2.75) is 39.7 Å². The zero-order valence-electron chi connectivity index (χ0n) is 16.3. The van der Waals surface area contributed by atoms with Gasteiger partial charge in [-0.2, -0.15) is 0 Å². The highest BCUT2D eigenvalue weighted by atomic mass is 127. The van der Waals surface area contributed by atoms with Gasteiger partial charge < -0.3 is 20.1 Å². The number of methoxy groups -OCH3 is 1. The summed E-state index contributed by atoms with van der Waals surface area (Å²) >= 11 is 0. The maximum Gasteiger partial charge on any atom is 0.191 e. The van der Waals surface area contributed by atoms with Crippen LogP contribution in [0.4, 0.5) is 4.39 Å². The Hall–Kier alpha value is -0.930. The average molecular weight is 481 g/mol. The minimum absolute atomic E-state index is 0. The summed E-state index contributed by atoms with van der Waals surface area (Å²) in [6, 6.07) is 5.30. The number of nitrogens with one attached hydrogen (secondary N) is 2. The molecular weight excluding hydrogens is 448 g/mol. The summed E-state index contributed by atoms with van der Waals surface area (Å²) < 4.78 is 24.1. The van der Waals surface area contributed by atoms with Gasteiger partial charge in [0.2, 0.25) is 0 Å². The van der Waals surface area contributed by atoms with Crippen LogP contribution in [0.25, 0.3) is 0 Å². The van der Waals surface area contributed by atoms with Crippen molar-refractivity contribution in [3.8, 4) is 0 Å². The van der Waals surface area contributed by atoms with Crippen molar-refractivity contribution in [2.75, 3.05) is 40.0 Å². The van der Waals surface area contributed by atoms with E-state index in [4.69, 9.17) is 9.47 Å². The molecule has 0 radical (unpaired) electrons. The molecule has 0 aliphatic carbocycles. The molecule has 0 saturated carbocycles. The number of guanidine groups is 1. The van der Waals surface area contributed by atoms with Crippen LogP contribution < -0.4 is 10.6 Å². The molecule has 0 aliphatic heterocycles. The number of rotatable bonds is 11. The largest absolute Gasteiger partial charge is 0.382 e. The van der Waals surface area contributed by atoms with E-state index in [1.807, 2.05) is 19.9 Å². The van der Waals surface area contributed by atoms with E-state index in [9.17, 15) is 4.39 Å². The number of ether oxygens (including phenoxy) is 2. The number of halogens is 2. The molecule has 1 rings (SSSR count). The molecule has 150 valence electrons. The fourth-order valence-electron chi connectivity index (χ4n) is 2.24. The van der Waals surface area contributed by atoms with Gasteiger partial charge in [0.15, 0.2) is 5.96 Å². The summed E-state index contributed by atoms with van der Waals surface area (Å²) in [5.41, 5.74) is 1.56. The quantitative estimate of drug-likeness (QED) is 0.219. The highest BCUT2D eigenvalue weighted by Crippen LogP contribution is 2.16. The number of benzene rings is 1. The monoisotopic (exact) mass is 481 g/mol. The van der Waals surface area contributed by atoms with Gasteiger partial charge in [-0.15, -0.1) is 24.0 Å². The zero-order chi connectivity index (χ0) is 18.5. The second kappa shape index (κ2) is 15.2. The SMILES string of the molecule is CCNC(=NCCCCOCCOC)NC(C)c1ccc(C)c(F)c1.I. The first-order chi connectivity index (χ1) is 12.1. The van der Waals surface area contributed by atoms with E-state index < -0.39 is 0 Å². The van der Waals surface area contributed by atoms with Crippen LogP contribution in [-0.4, -0.2) is 46.0 Å². The predicted octanol–water partition coefficient (Wildman–Crippen LogP) is 3.81. The summed E-state index contributed by atoms with van der Waals surface area (Å²) in [5.74, 6) is 0.567. The lowest BCUT2D eigenvalue weighted by Crippen LogP contribution is -2.38. The summed E-state index contributed by atoms with van der Waals surface area (Å²) in [7, 11) is 1.67. The molecule has 0 aromatic heterocycles. The molecule has 0 heterocycles. The highest BCUT2D eigenvalue weighted by molar-refractivity contribution is 14.0. The zero-order valence-corrected chi connectivity index (χ0v) is 18.6. The predicted molar refractivity (Wildman–Crippen MR) is 116 cm³/mol. The first-order valence-corrected chi connectivity index (χ1v) is 8.96. The van der Waals surface area contributed by atoms with Crippen LogP contribution in [-0.2, 0) is 9.47 Å². The van der Waals surface area contributed by atoms with Crippen LogP contribution in [0, 0.1) is 12.7 Å². The maximum absolute atomic E-state index is 13.7. The number of unbranched alkanes of at least 4 members (excludes halogenated alkanes) is 1. The van der Waals surface area contributed by atoms with Gasteiger partial charge in [-0.3, -0.25) is 4.99 Å². The van der Waals surface area contributed by atoms with Crippen molar-refractivity contribution in [3.05, 3.63) is 35.1 Å². The van der Waals surface area contributed by atoms with Crippen LogP contribution in [0.5, 0.6) is 0 Å². The van der Waals surface area contributed by atoms with Crippen molar-refractivity contribution in [2.24, 2.45) is 4.99 Å². The Morgan fingerprint density at radius 3 is 2.65 bits per heavy atom. The lowest BCUT2D eigenvalue weighted by molar-refractivity contribution is 0.0690. The molecule has 0 saturated heterocycles. The second-order valence-corrected chi connectivity index (χ2v) is 5.95. The van der Waals surface area contributed by atoms with Gasteiger partial charge in [0, 0.05) is 26.8 Å². The normalized spacial score (nSPS) is 12.4. The second-order valence-electron chi connectivity index (χ2n) is 5.95. The molecule has 1 unspecified atom stereocenters. The Morgan fingerprint density at radius 2 is 2.00 bits per heavy atom. The van der Waals surface area contributed by atoms with Crippen LogP contribution in [0.1, 0.15) is 43.9 Å². The van der Waals surface area contributed by atoms with Gasteiger partial charge in [-0.05, 0) is 50.8 Å². The van der Waals surface area contributed by atoms with E-state index in [0.29, 0.717) is 18.8 Å². The van der Waals surface area contributed by atoms with Crippen molar-refractivity contribution in [1.82, 2.24) is 10.6 Å². The molecule has 1 aromatic carbocycles. The molecule has 1 atom stereocenters. The Labute approximate surface area is 174 Å². The summed E-state index contributed by atoms with van der Waals surface area (Å²) in [6.45, 7) is 9.28. The van der Waals surface area contributed by atoms with Crippen molar-refractivity contribution < 1.29 is 13.9 Å². The van der Waals surface area contributed by atoms with Crippen molar-refractivity contribution in [3.63, 3.8) is 0 Å². The topological polar surface area (TPSA) is 54.9 Å². The Balaban J connectivity index is 0.00000625. The third-order valence-corrected chi connectivity index (χ3v) is 3.79. The summed E-state index contributed by atoms with van der Waals surface area (Å²) in [5, 5.41) is 6.55. The van der Waals surface area contributed by atoms with Crippen LogP contribution >= 0.6 is 24.0 Å². The maximum atomic E-state index is 13.7. The third-order valence-electron chi connectivity index (χ3n) is 3.79. The van der Waals surface area contributed by atoms with Gasteiger partial charge in [-0.1, -0.05) is 12.1 Å². The molecule has 0 fully saturated rings. The average Bonchev–Trinajstić information content (AvgIpc) is 2.59. The number of nitrogens with zero attached hydrogens (tertiary/aromatic N) is 1. The van der Waals surface area contributed by atoms with E-state index in [2.05, 4.69) is 15.6 Å². The van der Waals surface area contributed by atoms with Crippen LogP contribution in [0.3, 0.4) is 0 Å². The molecule has 0 aliphatic rings. The highest BCUT2D eigenvalue weighted by Gasteiger charge is 2.09. The van der Waals surface area contributed by atoms with Crippen molar-refractivity contribution in [1.29, 1.82) is 0 Å². The lowest BCUT2D eigenvalue weighted by Gasteiger charge is -2.18. The molecule has 0 amide bonds. The van der Waals surface area contributed by atoms with E-state index in [1.54, 1.807) is 26.2 Å². The molecule has 0 spiro atoms. The molecule has 2 N–H and O–H groups in total. The van der Waals surface area contributed by atoms with E-state index >= 15 is 0 Å². The Kier molecular flexibility index (Phi) is 14.6. The number of hydrogen-bond acceptors (Lipinski definition) is 3. The van der Waals surface area contributed by atoms with Gasteiger partial charge in [0.1, 0.15) is 5.82 Å². The van der Waals surface area contributed by atoms with E-state index in [-0.39, 0.29) is 35.8 Å². The Morgan fingerprint density at radius 1 is 1.23 bits per heavy atom. The van der Waals surface area contributed by atoms with E-state index in [0.717, 1.165) is 44.1 Å². The third kappa shape index (κ3) is 10.3. The summed E-state index contributed by atoms with van der Waals surface area (Å²) in [6.07, 6.45) is 1.92. The number of hydrogen-bond donors (Lipinski definition) is 2. The smallest absolute Gasteiger partial charge is 0.191 e. The molecule has 26 heavy (non-hydrogen) atoms. The molecule has 0 bridgehead atoms. The van der Waals surface area contributed by atoms with Crippen molar-refractivity contribution >= 4 is 29.9 Å². The molecule has 1 aromatic rings. The van der Waals surface area contributed by atoms with Gasteiger partial charge >= 0.3 is 0 Å². The fraction of sp³-hybridized carbons (Fsp3) is 0.632. The minimum Gasteiger partial charge on any atom is -0.382 e. The Bertz CT molecular complexity index is 530. The fourth-order valence-corrected chi connectivity index (χ4v) is 2.24. The molecule has 7 heteroatoms. The van der Waals surface area contributed by atoms with Gasteiger partial charge in [-0.25, -0.2) is 4.39 Å². The van der Waals surface area contributed by atoms with E-state index in [1.165, 1.54) is 0 Å². The van der Waals surface area contributed by atoms with Crippen LogP contribution in [0.15, 0.2) is 23.2 Å². The molecule has 5 nitrogen and oxygen atoms in total. The summed E-state index contributed by atoms with van der Waals surface area (Å²) in [4.78, 5) is 4.57. The van der Waals surface area contributed by atoms with Crippen LogP contribution in [0.2, 0.25) is 0 Å². The van der Waals surface area contributed by atoms with Gasteiger partial charge in [0.25, 0.3) is 0 Å². The first kappa shape index (κ1) is 25.1. The minimum atomic E-state index is -0.179. The first-order valence-electron chi connectivity index (χ1n) is 8.96. The standard InChI is InChI=1S/C19H32FN3O2.HI/c1-5-21-19(22-10-6-7-11-25-13-12-24-4)23-16(3)17-9-8-15(2)18(20)14-17;/h8-9,14,16H,5-7,10-13H2,1-4H3,(H2,21,22,23);1H. The van der Waals surface area contributed by atoms with Gasteiger partial charge in [0.05, 0.1) is 19.3 Å². The number of aliphatic imine (C=N–C) groups is 1. The lowest BCUT2D eigenvalue weighted by atomic mass is 10.1. The number of aryl methyl sites for hydroxylation is 1. The molecular formula is C19H33FIN3O2.